The lowest BCUT2D eigenvalue weighted by atomic mass is 9.85. The minimum Gasteiger partial charge on any atom is -0.137 e. The van der Waals surface area contributed by atoms with Gasteiger partial charge in [0.05, 0.1) is 0 Å². The molecule has 5 rings (SSSR count). The number of hydrogen-bond donors (Lipinski definition) is 0. The van der Waals surface area contributed by atoms with Crippen LogP contribution in [0.5, 0.6) is 0 Å². The molecule has 0 saturated heterocycles. The van der Waals surface area contributed by atoms with Gasteiger partial charge in [-0.05, 0) is 74.3 Å². The lowest BCUT2D eigenvalue weighted by Crippen LogP contribution is -2.27. The first-order chi connectivity index (χ1) is 19.7. The lowest BCUT2D eigenvalue weighted by molar-refractivity contribution is 0.405. The van der Waals surface area contributed by atoms with Gasteiger partial charge in [0.2, 0.25) is 0 Å². The maximum Gasteiger partial charge on any atom is -0.0129 e. The highest BCUT2D eigenvalue weighted by Crippen LogP contribution is 2.48. The Morgan fingerprint density at radius 1 is 0.625 bits per heavy atom. The third kappa shape index (κ3) is 8.88. The zero-order valence-corrected chi connectivity index (χ0v) is 25.6. The summed E-state index contributed by atoms with van der Waals surface area (Å²) in [6, 6.07) is 44.7. The van der Waals surface area contributed by atoms with Gasteiger partial charge in [-0.2, -0.15) is 0 Å². The molecule has 0 spiro atoms. The van der Waals surface area contributed by atoms with E-state index in [-0.39, 0.29) is 7.92 Å². The molecule has 2 heteroatoms. The van der Waals surface area contributed by atoms with Crippen molar-refractivity contribution in [3.8, 4) is 0 Å². The molecule has 0 aromatic heterocycles. The summed E-state index contributed by atoms with van der Waals surface area (Å²) in [5.74, 6) is 3.41. The molecule has 0 bridgehead atoms. The van der Waals surface area contributed by atoms with Crippen molar-refractivity contribution in [3.63, 3.8) is 0 Å². The molecule has 1 fully saturated rings. The zero-order chi connectivity index (χ0) is 28.6. The van der Waals surface area contributed by atoms with Gasteiger partial charge in [0.1, 0.15) is 0 Å². The highest BCUT2D eigenvalue weighted by atomic mass is 31.1. The van der Waals surface area contributed by atoms with Crippen LogP contribution in [-0.2, 0) is 0 Å². The van der Waals surface area contributed by atoms with Crippen LogP contribution in [0.15, 0.2) is 165 Å². The second-order valence-corrected chi connectivity index (χ2v) is 14.3. The summed E-state index contributed by atoms with van der Waals surface area (Å²) in [4.78, 5) is 0. The molecule has 0 N–H and O–H groups in total. The number of benzene rings is 4. The Bertz CT molecular complexity index is 1220. The van der Waals surface area contributed by atoms with E-state index in [1.807, 2.05) is 0 Å². The van der Waals surface area contributed by atoms with Crippen LogP contribution in [0.25, 0.3) is 0 Å². The van der Waals surface area contributed by atoms with Crippen molar-refractivity contribution in [1.29, 1.82) is 0 Å². The van der Waals surface area contributed by atoms with Gasteiger partial charge in [-0.1, -0.05) is 153 Å². The van der Waals surface area contributed by atoms with Gasteiger partial charge in [-0.25, -0.2) is 0 Å². The van der Waals surface area contributed by atoms with Crippen LogP contribution in [0.1, 0.15) is 32.6 Å². The summed E-state index contributed by atoms with van der Waals surface area (Å²) >= 11 is 0. The maximum atomic E-state index is 3.12. The van der Waals surface area contributed by atoms with Gasteiger partial charge in [0.25, 0.3) is 0 Å². The Morgan fingerprint density at radius 2 is 0.950 bits per heavy atom. The molecule has 4 aromatic rings. The van der Waals surface area contributed by atoms with Gasteiger partial charge in [-0.15, -0.1) is 18.9 Å². The summed E-state index contributed by atoms with van der Waals surface area (Å²) in [6.45, 7) is 14.8. The monoisotopic (exact) mass is 560 g/mol. The molecule has 0 unspecified atom stereocenters. The summed E-state index contributed by atoms with van der Waals surface area (Å²) in [5, 5.41) is 5.93. The average molecular weight is 561 g/mol. The van der Waals surface area contributed by atoms with Crippen LogP contribution in [0.2, 0.25) is 0 Å². The van der Waals surface area contributed by atoms with Crippen molar-refractivity contribution < 1.29 is 0 Å². The van der Waals surface area contributed by atoms with Crippen LogP contribution < -0.4 is 21.2 Å². The third-order valence-electron chi connectivity index (χ3n) is 7.21. The highest BCUT2D eigenvalue weighted by molar-refractivity contribution is 7.75. The number of allylic oxidation sites excluding steroid dienone is 1. The van der Waals surface area contributed by atoms with E-state index in [1.54, 1.807) is 5.57 Å². The Kier molecular flexibility index (Phi) is 13.6. The standard InChI is InChI=1S/C33H34P2.C3H4.C2H4/c1-27(35(32-18-10-4-11-19-32)33-20-12-5-13-21-33)29-24-22-28(23-25-29)26-34(30-14-6-2-7-15-30)31-16-8-3-9-17-31;1-3-2;1-2/h2-21,26-27,29H,22-25H2,1H3;1-2H2;1-2H2/t27-,29?;;/m1../s1. The summed E-state index contributed by atoms with van der Waals surface area (Å²) in [5.41, 5.74) is 4.59. The van der Waals surface area contributed by atoms with E-state index >= 15 is 0 Å². The first-order valence-corrected chi connectivity index (χ1v) is 16.8. The topological polar surface area (TPSA) is 0 Å². The largest absolute Gasteiger partial charge is 0.137 e. The Hall–Kier alpha value is -3.26. The van der Waals surface area contributed by atoms with Gasteiger partial charge in [-0.3, -0.25) is 0 Å². The van der Waals surface area contributed by atoms with Crippen molar-refractivity contribution in [2.45, 2.75) is 38.3 Å². The Labute approximate surface area is 245 Å². The third-order valence-corrected chi connectivity index (χ3v) is 12.5. The average Bonchev–Trinajstić information content (AvgIpc) is 3.03. The van der Waals surface area contributed by atoms with E-state index in [1.165, 1.54) is 46.9 Å². The molecule has 4 aromatic carbocycles. The predicted molar refractivity (Wildman–Crippen MR) is 184 cm³/mol. The summed E-state index contributed by atoms with van der Waals surface area (Å²) in [7, 11) is -0.800. The molecule has 1 aliphatic rings. The van der Waals surface area contributed by atoms with Gasteiger partial charge < -0.3 is 0 Å². The minimum atomic E-state index is -0.446. The molecular formula is C38H42P2. The van der Waals surface area contributed by atoms with Crippen molar-refractivity contribution in [2.24, 2.45) is 5.92 Å². The van der Waals surface area contributed by atoms with Gasteiger partial charge in [0, 0.05) is 0 Å². The fourth-order valence-corrected chi connectivity index (χ4v) is 10.4. The fraction of sp³-hybridized carbons (Fsp3) is 0.184. The van der Waals surface area contributed by atoms with Gasteiger partial charge >= 0.3 is 0 Å². The Balaban J connectivity index is 0.000000827. The van der Waals surface area contributed by atoms with Crippen LogP contribution in [-0.4, -0.2) is 5.66 Å². The molecule has 0 heterocycles. The van der Waals surface area contributed by atoms with Crippen LogP contribution in [0.4, 0.5) is 0 Å². The molecular weight excluding hydrogens is 518 g/mol. The summed E-state index contributed by atoms with van der Waals surface area (Å²) in [6.07, 6.45) is 5.08. The van der Waals surface area contributed by atoms with Crippen LogP contribution >= 0.6 is 15.8 Å². The van der Waals surface area contributed by atoms with Crippen LogP contribution in [0, 0.1) is 5.92 Å². The molecule has 1 aliphatic carbocycles. The van der Waals surface area contributed by atoms with E-state index in [0.29, 0.717) is 5.66 Å². The fourth-order valence-electron chi connectivity index (χ4n) is 5.29. The SMILES string of the molecule is C=C.C=C=C.C[C@H](C1CCC(=CP(c2ccccc2)c2ccccc2)CC1)P(c1ccccc1)c1ccccc1. The van der Waals surface area contributed by atoms with E-state index in [0.717, 1.165) is 5.92 Å². The van der Waals surface area contributed by atoms with Crippen LogP contribution in [0.3, 0.4) is 0 Å². The van der Waals surface area contributed by atoms with E-state index in [9.17, 15) is 0 Å². The maximum absolute atomic E-state index is 3.12. The first-order valence-electron chi connectivity index (χ1n) is 14.0. The van der Waals surface area contributed by atoms with Gasteiger partial charge in [0.15, 0.2) is 0 Å². The Morgan fingerprint density at radius 3 is 1.30 bits per heavy atom. The highest BCUT2D eigenvalue weighted by Gasteiger charge is 2.30. The lowest BCUT2D eigenvalue weighted by Gasteiger charge is -2.35. The first kappa shape index (κ1) is 31.3. The molecule has 0 nitrogen and oxygen atoms in total. The van der Waals surface area contributed by atoms with Crippen molar-refractivity contribution in [3.05, 3.63) is 165 Å². The molecule has 0 radical (unpaired) electrons. The molecule has 0 aliphatic heterocycles. The molecule has 1 atom stereocenters. The van der Waals surface area contributed by atoms with E-state index in [2.05, 4.69) is 166 Å². The van der Waals surface area contributed by atoms with E-state index in [4.69, 9.17) is 0 Å². The smallest absolute Gasteiger partial charge is 0.0129 e. The zero-order valence-electron chi connectivity index (χ0n) is 23.8. The van der Waals surface area contributed by atoms with Crippen molar-refractivity contribution in [2.75, 3.05) is 0 Å². The summed E-state index contributed by atoms with van der Waals surface area (Å²) < 4.78 is 0. The molecule has 204 valence electrons. The van der Waals surface area contributed by atoms with E-state index < -0.39 is 7.92 Å². The number of rotatable bonds is 7. The minimum absolute atomic E-state index is 0.354. The normalized spacial score (nSPS) is 15.1. The second-order valence-electron chi connectivity index (χ2n) is 9.70. The van der Waals surface area contributed by atoms with Crippen molar-refractivity contribution in [1.82, 2.24) is 0 Å². The quantitative estimate of drug-likeness (QED) is 0.120. The number of hydrogen-bond acceptors (Lipinski definition) is 0. The molecule has 0 amide bonds. The molecule has 1 saturated carbocycles. The second kappa shape index (κ2) is 17.4. The predicted octanol–water partition coefficient (Wildman–Crippen LogP) is 9.47. The van der Waals surface area contributed by atoms with Crippen molar-refractivity contribution >= 4 is 37.1 Å². The molecule has 40 heavy (non-hydrogen) atoms.